The minimum Gasteiger partial charge on any atom is -0.381 e. The summed E-state index contributed by atoms with van der Waals surface area (Å²) in [6.07, 6.45) is 0. The van der Waals surface area contributed by atoms with E-state index >= 15 is 0 Å². The fourth-order valence-corrected chi connectivity index (χ4v) is 2.33. The molecule has 0 saturated heterocycles. The monoisotopic (exact) mass is 303 g/mol. The summed E-state index contributed by atoms with van der Waals surface area (Å²) in [6.45, 7) is 7.28. The van der Waals surface area contributed by atoms with Crippen LogP contribution in [0.5, 0.6) is 0 Å². The lowest BCUT2D eigenvalue weighted by Gasteiger charge is -2.12. The van der Waals surface area contributed by atoms with Gasteiger partial charge in [0.1, 0.15) is 0 Å². The van der Waals surface area contributed by atoms with E-state index in [1.165, 1.54) is 27.9 Å². The van der Waals surface area contributed by atoms with E-state index in [1.807, 2.05) is 0 Å². The quantitative estimate of drug-likeness (QED) is 0.842. The Morgan fingerprint density at radius 2 is 1.67 bits per heavy atom. The fourth-order valence-electron chi connectivity index (χ4n) is 1.97. The van der Waals surface area contributed by atoms with Crippen LogP contribution in [-0.2, 0) is 6.54 Å². The van der Waals surface area contributed by atoms with Crippen molar-refractivity contribution in [3.8, 4) is 0 Å². The highest BCUT2D eigenvalue weighted by Crippen LogP contribution is 2.22. The lowest BCUT2D eigenvalue weighted by molar-refractivity contribution is 1.10. The summed E-state index contributed by atoms with van der Waals surface area (Å²) < 4.78 is 1.11. The molecule has 2 heteroatoms. The maximum atomic E-state index is 3.51. The van der Waals surface area contributed by atoms with Crippen LogP contribution in [0, 0.1) is 20.8 Å². The maximum absolute atomic E-state index is 3.51. The highest BCUT2D eigenvalue weighted by Gasteiger charge is 2.02. The van der Waals surface area contributed by atoms with Crippen molar-refractivity contribution in [1.29, 1.82) is 0 Å². The highest BCUT2D eigenvalue weighted by molar-refractivity contribution is 9.10. The molecule has 0 atom stereocenters. The molecular weight excluding hydrogens is 286 g/mol. The minimum atomic E-state index is 0.866. The van der Waals surface area contributed by atoms with Crippen molar-refractivity contribution in [2.75, 3.05) is 5.32 Å². The van der Waals surface area contributed by atoms with Crippen LogP contribution in [0.1, 0.15) is 22.3 Å². The predicted octanol–water partition coefficient (Wildman–Crippen LogP) is 4.99. The van der Waals surface area contributed by atoms with Gasteiger partial charge < -0.3 is 5.32 Å². The third-order valence-corrected chi connectivity index (χ3v) is 3.67. The molecule has 0 amide bonds. The Bertz CT molecular complexity index is 510. The summed E-state index contributed by atoms with van der Waals surface area (Å²) in [7, 11) is 0. The van der Waals surface area contributed by atoms with Gasteiger partial charge in [0.25, 0.3) is 0 Å². The number of hydrogen-bond acceptors (Lipinski definition) is 1. The summed E-state index contributed by atoms with van der Waals surface area (Å²) in [6, 6.07) is 12.9. The van der Waals surface area contributed by atoms with E-state index in [-0.39, 0.29) is 0 Å². The van der Waals surface area contributed by atoms with E-state index in [2.05, 4.69) is 78.4 Å². The molecule has 2 aromatic rings. The average Bonchev–Trinajstić information content (AvgIpc) is 2.34. The van der Waals surface area contributed by atoms with Crippen LogP contribution < -0.4 is 5.32 Å². The predicted molar refractivity (Wildman–Crippen MR) is 82.1 cm³/mol. The van der Waals surface area contributed by atoms with E-state index in [0.717, 1.165) is 11.0 Å². The molecule has 2 aromatic carbocycles. The molecule has 94 valence electrons. The minimum absolute atomic E-state index is 0.866. The van der Waals surface area contributed by atoms with Crippen LogP contribution in [0.2, 0.25) is 0 Å². The Morgan fingerprint density at radius 3 is 2.44 bits per heavy atom. The zero-order valence-corrected chi connectivity index (χ0v) is 12.6. The van der Waals surface area contributed by atoms with Gasteiger partial charge in [-0.25, -0.2) is 0 Å². The second kappa shape index (κ2) is 5.57. The molecule has 0 fully saturated rings. The number of benzene rings is 2. The van der Waals surface area contributed by atoms with Gasteiger partial charge in [0, 0.05) is 16.7 Å². The molecule has 1 nitrogen and oxygen atoms in total. The van der Waals surface area contributed by atoms with Gasteiger partial charge in [0.2, 0.25) is 0 Å². The van der Waals surface area contributed by atoms with Crippen molar-refractivity contribution in [2.24, 2.45) is 0 Å². The summed E-state index contributed by atoms with van der Waals surface area (Å²) >= 11 is 3.51. The van der Waals surface area contributed by atoms with E-state index in [4.69, 9.17) is 0 Å². The summed E-state index contributed by atoms with van der Waals surface area (Å²) in [4.78, 5) is 0. The van der Waals surface area contributed by atoms with Gasteiger partial charge in [0.15, 0.2) is 0 Å². The van der Waals surface area contributed by atoms with Crippen molar-refractivity contribution >= 4 is 21.6 Å². The molecule has 0 aliphatic carbocycles. The van der Waals surface area contributed by atoms with E-state index in [1.54, 1.807) is 0 Å². The molecule has 0 saturated carbocycles. The van der Waals surface area contributed by atoms with Gasteiger partial charge in [-0.15, -0.1) is 0 Å². The third-order valence-electron chi connectivity index (χ3n) is 3.17. The van der Waals surface area contributed by atoms with Crippen LogP contribution >= 0.6 is 15.9 Å². The van der Waals surface area contributed by atoms with Gasteiger partial charge in [0.05, 0.1) is 0 Å². The van der Waals surface area contributed by atoms with Gasteiger partial charge >= 0.3 is 0 Å². The number of rotatable bonds is 3. The number of aryl methyl sites for hydroxylation is 3. The smallest absolute Gasteiger partial charge is 0.0403 e. The second-order valence-corrected chi connectivity index (χ2v) is 5.66. The Morgan fingerprint density at radius 1 is 0.944 bits per heavy atom. The number of nitrogens with one attached hydrogen (secondary N) is 1. The lowest BCUT2D eigenvalue weighted by atomic mass is 10.1. The largest absolute Gasteiger partial charge is 0.381 e. The van der Waals surface area contributed by atoms with Gasteiger partial charge in [-0.2, -0.15) is 0 Å². The number of anilines is 1. The summed E-state index contributed by atoms with van der Waals surface area (Å²) in [5, 5.41) is 3.51. The molecule has 0 aliphatic heterocycles. The zero-order chi connectivity index (χ0) is 13.1. The van der Waals surface area contributed by atoms with E-state index in [0.29, 0.717) is 0 Å². The lowest BCUT2D eigenvalue weighted by Crippen LogP contribution is -2.03. The first kappa shape index (κ1) is 13.2. The molecule has 1 N–H and O–H groups in total. The number of halogens is 1. The molecular formula is C16H18BrN. The Kier molecular flexibility index (Phi) is 4.07. The van der Waals surface area contributed by atoms with Crippen LogP contribution in [0.15, 0.2) is 40.9 Å². The summed E-state index contributed by atoms with van der Waals surface area (Å²) in [5.41, 5.74) is 6.45. The van der Waals surface area contributed by atoms with Crippen LogP contribution in [0.25, 0.3) is 0 Å². The highest BCUT2D eigenvalue weighted by atomic mass is 79.9. The SMILES string of the molecule is Cc1ccc(C)c(CNc2cc(Br)ccc2C)c1. The van der Waals surface area contributed by atoms with Crippen molar-refractivity contribution < 1.29 is 0 Å². The summed E-state index contributed by atoms with van der Waals surface area (Å²) in [5.74, 6) is 0. The molecule has 0 unspecified atom stereocenters. The zero-order valence-electron chi connectivity index (χ0n) is 11.0. The fraction of sp³-hybridized carbons (Fsp3) is 0.250. The molecule has 2 rings (SSSR count). The maximum Gasteiger partial charge on any atom is 0.0403 e. The van der Waals surface area contributed by atoms with Gasteiger partial charge in [-0.3, -0.25) is 0 Å². The van der Waals surface area contributed by atoms with Crippen molar-refractivity contribution in [2.45, 2.75) is 27.3 Å². The van der Waals surface area contributed by atoms with Crippen molar-refractivity contribution in [1.82, 2.24) is 0 Å². The first-order valence-electron chi connectivity index (χ1n) is 6.12. The van der Waals surface area contributed by atoms with Crippen molar-refractivity contribution in [3.05, 3.63) is 63.1 Å². The van der Waals surface area contributed by atoms with Crippen LogP contribution in [-0.4, -0.2) is 0 Å². The Balaban J connectivity index is 2.16. The Labute approximate surface area is 117 Å². The van der Waals surface area contributed by atoms with Crippen LogP contribution in [0.4, 0.5) is 5.69 Å². The topological polar surface area (TPSA) is 12.0 Å². The molecule has 0 bridgehead atoms. The van der Waals surface area contributed by atoms with E-state index in [9.17, 15) is 0 Å². The Hall–Kier alpha value is -1.28. The van der Waals surface area contributed by atoms with E-state index < -0.39 is 0 Å². The molecule has 18 heavy (non-hydrogen) atoms. The third kappa shape index (κ3) is 3.14. The number of hydrogen-bond donors (Lipinski definition) is 1. The average molecular weight is 304 g/mol. The molecule has 0 heterocycles. The van der Waals surface area contributed by atoms with Crippen LogP contribution in [0.3, 0.4) is 0 Å². The standard InChI is InChI=1S/C16H18BrN/c1-11-4-5-12(2)14(8-11)10-18-16-9-15(17)7-6-13(16)3/h4-9,18H,10H2,1-3H3. The first-order chi connectivity index (χ1) is 8.56. The second-order valence-electron chi connectivity index (χ2n) is 4.74. The first-order valence-corrected chi connectivity index (χ1v) is 6.92. The van der Waals surface area contributed by atoms with Crippen molar-refractivity contribution in [3.63, 3.8) is 0 Å². The normalized spacial score (nSPS) is 10.4. The molecule has 0 aromatic heterocycles. The van der Waals surface area contributed by atoms with Gasteiger partial charge in [-0.05, 0) is 49.6 Å². The molecule has 0 radical (unpaired) electrons. The molecule has 0 spiro atoms. The van der Waals surface area contributed by atoms with Gasteiger partial charge in [-0.1, -0.05) is 45.8 Å². The molecule has 0 aliphatic rings.